The zero-order chi connectivity index (χ0) is 4.41. The van der Waals surface area contributed by atoms with Crippen molar-refractivity contribution >= 4 is 6.21 Å². The summed E-state index contributed by atoms with van der Waals surface area (Å²) in [6.45, 7) is 0. The molecule has 2 heteroatoms. The van der Waals surface area contributed by atoms with E-state index in [1.165, 1.54) is 0 Å². The molecular weight excluding hydrogens is 78.0 g/mol. The molecule has 0 heterocycles. The molecule has 1 radical (unpaired) electrons. The lowest BCUT2D eigenvalue weighted by atomic mass is 10.5. The Balaban J connectivity index is 2.15. The van der Waals surface area contributed by atoms with Crippen LogP contribution in [0.4, 0.5) is 0 Å². The number of hydrogen-bond acceptors (Lipinski definition) is 2. The monoisotopic (exact) mass is 84.0 g/mol. The maximum absolute atomic E-state index is 7.79. The van der Waals surface area contributed by atoms with Crippen LogP contribution in [0, 0.1) is 5.92 Å². The van der Waals surface area contributed by atoms with E-state index in [0.29, 0.717) is 5.92 Å². The number of nitrogens with zero attached hydrogens (tertiary/aromatic N) is 1. The van der Waals surface area contributed by atoms with Gasteiger partial charge in [-0.3, -0.25) is 0 Å². The van der Waals surface area contributed by atoms with Crippen molar-refractivity contribution in [3.05, 3.63) is 0 Å². The smallest absolute Gasteiger partial charge is 0.108 e. The van der Waals surface area contributed by atoms with Gasteiger partial charge in [0, 0.05) is 5.92 Å². The van der Waals surface area contributed by atoms with Gasteiger partial charge in [0.2, 0.25) is 0 Å². The summed E-state index contributed by atoms with van der Waals surface area (Å²) in [5.41, 5.74) is 0. The Morgan fingerprint density at radius 3 is 2.50 bits per heavy atom. The third kappa shape index (κ3) is 0.708. The van der Waals surface area contributed by atoms with Crippen molar-refractivity contribution in [1.82, 2.24) is 0 Å². The summed E-state index contributed by atoms with van der Waals surface area (Å²) in [6.07, 6.45) is 4.81. The van der Waals surface area contributed by atoms with Gasteiger partial charge >= 0.3 is 0 Å². The minimum absolute atomic E-state index is 0.481. The fourth-order valence-electron chi connectivity index (χ4n) is 0.294. The van der Waals surface area contributed by atoms with Crippen molar-refractivity contribution in [3.63, 3.8) is 0 Å². The zero-order valence-electron chi connectivity index (χ0n) is 3.39. The van der Waals surface area contributed by atoms with E-state index in [2.05, 4.69) is 11.4 Å². The van der Waals surface area contributed by atoms with Crippen LogP contribution < -0.4 is 0 Å². The van der Waals surface area contributed by atoms with E-state index in [-0.39, 0.29) is 0 Å². The van der Waals surface area contributed by atoms with Crippen LogP contribution in [0.3, 0.4) is 0 Å². The molecule has 0 amide bonds. The molecule has 0 aromatic heterocycles. The summed E-state index contributed by atoms with van der Waals surface area (Å²) < 4.78 is 0. The van der Waals surface area contributed by atoms with Gasteiger partial charge < -0.3 is 5.21 Å². The lowest BCUT2D eigenvalue weighted by molar-refractivity contribution is 0.320. The largest absolute Gasteiger partial charge is 0.411 e. The van der Waals surface area contributed by atoms with E-state index >= 15 is 0 Å². The highest BCUT2D eigenvalue weighted by molar-refractivity contribution is 5.62. The van der Waals surface area contributed by atoms with Gasteiger partial charge in [0.05, 0.1) is 0 Å². The summed E-state index contributed by atoms with van der Waals surface area (Å²) in [5.74, 6) is 0.481. The van der Waals surface area contributed by atoms with E-state index in [4.69, 9.17) is 5.21 Å². The molecule has 0 aromatic rings. The van der Waals surface area contributed by atoms with Crippen molar-refractivity contribution in [2.45, 2.75) is 12.8 Å². The van der Waals surface area contributed by atoms with Crippen LogP contribution in [0.5, 0.6) is 0 Å². The molecule has 1 aliphatic carbocycles. The summed E-state index contributed by atoms with van der Waals surface area (Å²) >= 11 is 0. The molecule has 33 valence electrons. The van der Waals surface area contributed by atoms with Crippen molar-refractivity contribution in [2.24, 2.45) is 11.1 Å². The highest BCUT2D eigenvalue weighted by atomic mass is 16.4. The first-order valence-electron chi connectivity index (χ1n) is 2.03. The SMILES string of the molecule is O/N=[C]/C1CC1. The molecule has 0 bridgehead atoms. The van der Waals surface area contributed by atoms with Crippen LogP contribution in [-0.4, -0.2) is 11.4 Å². The Bertz CT molecular complexity index is 65.9. The second-order valence-corrected chi connectivity index (χ2v) is 1.50. The zero-order valence-corrected chi connectivity index (χ0v) is 3.39. The molecule has 0 unspecified atom stereocenters. The predicted octanol–water partition coefficient (Wildman–Crippen LogP) is 0.733. The molecule has 1 aliphatic rings. The van der Waals surface area contributed by atoms with Gasteiger partial charge in [-0.1, -0.05) is 5.16 Å². The molecule has 6 heavy (non-hydrogen) atoms. The molecule has 0 aliphatic heterocycles. The van der Waals surface area contributed by atoms with Crippen LogP contribution in [0.1, 0.15) is 12.8 Å². The molecule has 2 nitrogen and oxygen atoms in total. The van der Waals surface area contributed by atoms with Gasteiger partial charge in [0.1, 0.15) is 6.21 Å². The van der Waals surface area contributed by atoms with Crippen LogP contribution in [0.2, 0.25) is 0 Å². The van der Waals surface area contributed by atoms with Gasteiger partial charge in [-0.2, -0.15) is 0 Å². The first kappa shape index (κ1) is 3.65. The standard InChI is InChI=1S/C4H6NO/c6-5-3-4-1-2-4/h4,6H,1-2H2. The lowest BCUT2D eigenvalue weighted by Crippen LogP contribution is -1.70. The second kappa shape index (κ2) is 1.29. The maximum Gasteiger partial charge on any atom is 0.108 e. The Kier molecular flexibility index (Phi) is 0.783. The molecule has 0 aromatic carbocycles. The van der Waals surface area contributed by atoms with Gasteiger partial charge in [0.25, 0.3) is 0 Å². The molecule has 0 saturated heterocycles. The van der Waals surface area contributed by atoms with Gasteiger partial charge in [-0.15, -0.1) is 0 Å². The average Bonchev–Trinajstić information content (AvgIpc) is 2.21. The van der Waals surface area contributed by atoms with Crippen molar-refractivity contribution in [1.29, 1.82) is 0 Å². The fraction of sp³-hybridized carbons (Fsp3) is 0.750. The predicted molar refractivity (Wildman–Crippen MR) is 21.9 cm³/mol. The summed E-state index contributed by atoms with van der Waals surface area (Å²) in [4.78, 5) is 0. The van der Waals surface area contributed by atoms with Gasteiger partial charge in [-0.05, 0) is 12.8 Å². The van der Waals surface area contributed by atoms with Crippen LogP contribution in [0.15, 0.2) is 5.16 Å². The van der Waals surface area contributed by atoms with Crippen molar-refractivity contribution in [2.75, 3.05) is 0 Å². The van der Waals surface area contributed by atoms with Crippen LogP contribution in [0.25, 0.3) is 0 Å². The average molecular weight is 84.1 g/mol. The number of hydrogen-bond donors (Lipinski definition) is 1. The molecule has 1 N–H and O–H groups in total. The van der Waals surface area contributed by atoms with Crippen molar-refractivity contribution in [3.8, 4) is 0 Å². The number of rotatable bonds is 1. The molecule has 1 saturated carbocycles. The van der Waals surface area contributed by atoms with E-state index < -0.39 is 0 Å². The minimum Gasteiger partial charge on any atom is -0.411 e. The summed E-state index contributed by atoms with van der Waals surface area (Å²) in [7, 11) is 0. The Hall–Kier alpha value is -0.530. The minimum atomic E-state index is 0.481. The van der Waals surface area contributed by atoms with Crippen LogP contribution in [-0.2, 0) is 0 Å². The highest BCUT2D eigenvalue weighted by Crippen LogP contribution is 2.25. The quantitative estimate of drug-likeness (QED) is 0.283. The Labute approximate surface area is 36.5 Å². The fourth-order valence-corrected chi connectivity index (χ4v) is 0.294. The van der Waals surface area contributed by atoms with E-state index in [0.717, 1.165) is 12.8 Å². The van der Waals surface area contributed by atoms with E-state index in [1.54, 1.807) is 0 Å². The first-order chi connectivity index (χ1) is 2.93. The third-order valence-electron chi connectivity index (χ3n) is 0.818. The molecule has 1 rings (SSSR count). The molecular formula is C4H6NO. The maximum atomic E-state index is 7.79. The van der Waals surface area contributed by atoms with E-state index in [9.17, 15) is 0 Å². The topological polar surface area (TPSA) is 32.6 Å². The molecule has 1 fully saturated rings. The highest BCUT2D eigenvalue weighted by Gasteiger charge is 2.19. The van der Waals surface area contributed by atoms with E-state index in [1.807, 2.05) is 0 Å². The Morgan fingerprint density at radius 1 is 1.67 bits per heavy atom. The van der Waals surface area contributed by atoms with Gasteiger partial charge in [0.15, 0.2) is 0 Å². The van der Waals surface area contributed by atoms with Crippen LogP contribution >= 0.6 is 0 Å². The Morgan fingerprint density at radius 2 is 2.33 bits per heavy atom. The lowest BCUT2D eigenvalue weighted by Gasteiger charge is -1.66. The third-order valence-corrected chi connectivity index (χ3v) is 0.818. The van der Waals surface area contributed by atoms with Gasteiger partial charge in [-0.25, -0.2) is 0 Å². The normalized spacial score (nSPS) is 22.7. The molecule has 0 spiro atoms. The summed E-state index contributed by atoms with van der Waals surface area (Å²) in [5, 5.41) is 10.5. The first-order valence-corrected chi connectivity index (χ1v) is 2.03. The second-order valence-electron chi connectivity index (χ2n) is 1.50. The summed E-state index contributed by atoms with van der Waals surface area (Å²) in [6, 6.07) is 0. The van der Waals surface area contributed by atoms with Crippen molar-refractivity contribution < 1.29 is 5.21 Å². The molecule has 0 atom stereocenters.